The molecule has 18 heteroatoms. The van der Waals surface area contributed by atoms with Crippen LogP contribution in [0.2, 0.25) is 0 Å². The van der Waals surface area contributed by atoms with Gasteiger partial charge >= 0.3 is 0 Å². The van der Waals surface area contributed by atoms with Gasteiger partial charge in [0.2, 0.25) is 9.84 Å². The molecule has 4 rings (SSSR count). The maximum absolute atomic E-state index is 12.8. The van der Waals surface area contributed by atoms with Gasteiger partial charge in [-0.2, -0.15) is 25.3 Å². The van der Waals surface area contributed by atoms with E-state index in [0.717, 1.165) is 11.3 Å². The van der Waals surface area contributed by atoms with Gasteiger partial charge in [0.25, 0.3) is 30.4 Å². The summed E-state index contributed by atoms with van der Waals surface area (Å²) in [6, 6.07) is 27.7. The Balaban J connectivity index is 0.00000113. The van der Waals surface area contributed by atoms with E-state index in [0.29, 0.717) is 41.8 Å². The Kier molecular flexibility index (Phi) is 18.8. The highest BCUT2D eigenvalue weighted by molar-refractivity contribution is 7.91. The van der Waals surface area contributed by atoms with E-state index in [1.54, 1.807) is 79.9 Å². The van der Waals surface area contributed by atoms with Gasteiger partial charge in [-0.05, 0) is 91.9 Å². The van der Waals surface area contributed by atoms with Gasteiger partial charge in [-0.1, -0.05) is 31.5 Å². The van der Waals surface area contributed by atoms with E-state index in [9.17, 15) is 33.7 Å². The molecule has 0 aliphatic carbocycles. The van der Waals surface area contributed by atoms with Crippen molar-refractivity contribution in [3.05, 3.63) is 103 Å². The Morgan fingerprint density at radius 3 is 0.878 bits per heavy atom. The number of hydrogen-bond acceptors (Lipinski definition) is 11. The predicted octanol–water partition coefficient (Wildman–Crippen LogP) is 5.96. The van der Waals surface area contributed by atoms with Crippen molar-refractivity contribution in [3.8, 4) is 28.7 Å². The third-order valence-electron chi connectivity index (χ3n) is 4.82. The number of ether oxygens (including phenoxy) is 3. The zero-order valence-corrected chi connectivity index (χ0v) is 31.0. The van der Waals surface area contributed by atoms with Crippen molar-refractivity contribution < 1.29 is 61.5 Å². The van der Waals surface area contributed by atoms with Crippen LogP contribution in [0, 0.1) is 6.92 Å². The highest BCUT2D eigenvalue weighted by Crippen LogP contribution is 2.29. The second kappa shape index (κ2) is 20.5. The third-order valence-corrected chi connectivity index (χ3v) is 6.61. The zero-order valence-electron chi connectivity index (χ0n) is 27.7. The first-order valence-electron chi connectivity index (χ1n) is 13.7. The molecular weight excluding hydrogens is 725 g/mol. The number of methoxy groups -OCH3 is 1. The van der Waals surface area contributed by atoms with Crippen molar-refractivity contribution in [2.45, 2.75) is 30.6 Å². The minimum Gasteiger partial charge on any atom is -0.497 e. The van der Waals surface area contributed by atoms with Gasteiger partial charge in [0.05, 0.1) is 35.7 Å². The van der Waals surface area contributed by atoms with Crippen LogP contribution in [0.4, 0.5) is 0 Å². The van der Waals surface area contributed by atoms with Crippen LogP contribution in [-0.4, -0.2) is 73.2 Å². The molecule has 0 bridgehead atoms. The van der Waals surface area contributed by atoms with Crippen LogP contribution < -0.4 is 14.2 Å². The molecule has 0 atom stereocenters. The van der Waals surface area contributed by atoms with E-state index in [-0.39, 0.29) is 9.79 Å². The van der Waals surface area contributed by atoms with Crippen LogP contribution in [0.15, 0.2) is 107 Å². The number of rotatable bonds is 7. The lowest BCUT2D eigenvalue weighted by molar-refractivity contribution is 0.413. The minimum absolute atomic E-state index is 0.219. The molecule has 0 spiro atoms. The standard InChI is InChI=1S/C26H22O5S.C2H6.3CH4O3S/c1-19-3-15-25(16-4-19)32(27,28)26-17-13-24(14-18-26)31-23-11-9-22(10-12-23)30-21-7-5-20(29-2)6-8-21;1-2;3*1-5(2,3)4/h3-18H,1-2H3;1-2H3;3*1H3,(H,2,3,4). The van der Waals surface area contributed by atoms with Crippen LogP contribution in [0.3, 0.4) is 0 Å². The van der Waals surface area contributed by atoms with Crippen LogP contribution in [0.1, 0.15) is 19.4 Å². The van der Waals surface area contributed by atoms with Crippen LogP contribution in [-0.2, 0) is 40.2 Å². The summed E-state index contributed by atoms with van der Waals surface area (Å²) in [5.74, 6) is 3.28. The maximum atomic E-state index is 12.8. The van der Waals surface area contributed by atoms with Crippen LogP contribution >= 0.6 is 0 Å². The van der Waals surface area contributed by atoms with E-state index in [4.69, 9.17) is 27.9 Å². The molecule has 4 aromatic carbocycles. The second-order valence-electron chi connectivity index (χ2n) is 9.34. The summed E-state index contributed by atoms with van der Waals surface area (Å²) in [6.07, 6.45) is 2.15. The summed E-state index contributed by atoms with van der Waals surface area (Å²) in [7, 11) is -12.9. The second-order valence-corrected chi connectivity index (χ2v) is 15.7. The highest BCUT2D eigenvalue weighted by Gasteiger charge is 2.17. The minimum atomic E-state index is -3.67. The molecule has 14 nitrogen and oxygen atoms in total. The summed E-state index contributed by atoms with van der Waals surface area (Å²) >= 11 is 0. The van der Waals surface area contributed by atoms with Gasteiger partial charge in [0.1, 0.15) is 28.7 Å². The van der Waals surface area contributed by atoms with E-state index >= 15 is 0 Å². The number of hydrogen-bond donors (Lipinski definition) is 3. The molecule has 3 N–H and O–H groups in total. The molecule has 272 valence electrons. The van der Waals surface area contributed by atoms with Crippen LogP contribution in [0.25, 0.3) is 0 Å². The van der Waals surface area contributed by atoms with E-state index in [2.05, 4.69) is 0 Å². The molecular formula is C31H40O14S4. The van der Waals surface area contributed by atoms with Gasteiger partial charge in [0, 0.05) is 0 Å². The maximum Gasteiger partial charge on any atom is 0.261 e. The van der Waals surface area contributed by atoms with Crippen molar-refractivity contribution in [1.29, 1.82) is 0 Å². The topological polar surface area (TPSA) is 225 Å². The molecule has 49 heavy (non-hydrogen) atoms. The molecule has 0 radical (unpaired) electrons. The van der Waals surface area contributed by atoms with Crippen molar-refractivity contribution in [2.24, 2.45) is 0 Å². The van der Waals surface area contributed by atoms with Gasteiger partial charge in [-0.3, -0.25) is 13.7 Å². The van der Waals surface area contributed by atoms with Crippen molar-refractivity contribution >= 4 is 40.2 Å². The lowest BCUT2D eigenvalue weighted by Gasteiger charge is -2.10. The number of aryl methyl sites for hydroxylation is 1. The molecule has 0 aromatic heterocycles. The number of benzene rings is 4. The molecule has 0 aliphatic rings. The smallest absolute Gasteiger partial charge is 0.261 e. The third kappa shape index (κ3) is 23.0. The van der Waals surface area contributed by atoms with E-state index < -0.39 is 40.2 Å². The SMILES string of the molecule is CC.COc1ccc(Oc2ccc(Oc3ccc(S(=O)(=O)c4ccc(C)cc4)cc3)cc2)cc1.CS(=O)(=O)O.CS(=O)(=O)O.CS(=O)(=O)O. The summed E-state index contributed by atoms with van der Waals surface area (Å²) in [5.41, 5.74) is 1.01. The fourth-order valence-electron chi connectivity index (χ4n) is 3.03. The molecule has 0 saturated heterocycles. The van der Waals surface area contributed by atoms with Crippen LogP contribution in [0.5, 0.6) is 28.7 Å². The summed E-state index contributed by atoms with van der Waals surface area (Å²) in [5, 5.41) is 0. The van der Waals surface area contributed by atoms with Gasteiger partial charge in [-0.25, -0.2) is 8.42 Å². The van der Waals surface area contributed by atoms with Gasteiger partial charge in [-0.15, -0.1) is 0 Å². The Hall–Kier alpha value is -4.04. The lowest BCUT2D eigenvalue weighted by atomic mass is 10.2. The van der Waals surface area contributed by atoms with E-state index in [1.165, 1.54) is 0 Å². The first kappa shape index (κ1) is 45.0. The molecule has 0 unspecified atom stereocenters. The average molecular weight is 765 g/mol. The molecule has 4 aromatic rings. The van der Waals surface area contributed by atoms with Crippen molar-refractivity contribution in [3.63, 3.8) is 0 Å². The largest absolute Gasteiger partial charge is 0.497 e. The quantitative estimate of drug-likeness (QED) is 0.185. The highest BCUT2D eigenvalue weighted by atomic mass is 32.2. The summed E-state index contributed by atoms with van der Waals surface area (Å²) in [4.78, 5) is 0.487. The lowest BCUT2D eigenvalue weighted by Crippen LogP contribution is -2.01. The fourth-order valence-corrected chi connectivity index (χ4v) is 4.29. The fraction of sp³-hybridized carbons (Fsp3) is 0.226. The molecule has 0 saturated carbocycles. The molecule has 0 fully saturated rings. The van der Waals surface area contributed by atoms with Crippen molar-refractivity contribution in [1.82, 2.24) is 0 Å². The van der Waals surface area contributed by atoms with Gasteiger partial charge < -0.3 is 14.2 Å². The monoisotopic (exact) mass is 764 g/mol. The Bertz CT molecular complexity index is 1900. The average Bonchev–Trinajstić information content (AvgIpc) is 2.98. The van der Waals surface area contributed by atoms with Gasteiger partial charge in [0.15, 0.2) is 0 Å². The zero-order chi connectivity index (χ0) is 38.1. The molecule has 0 heterocycles. The Labute approximate surface area is 288 Å². The molecule has 0 amide bonds. The first-order valence-corrected chi connectivity index (χ1v) is 20.8. The normalized spacial score (nSPS) is 10.9. The van der Waals surface area contributed by atoms with Crippen molar-refractivity contribution in [2.75, 3.05) is 25.9 Å². The first-order chi connectivity index (χ1) is 22.4. The number of sulfone groups is 1. The van der Waals surface area contributed by atoms with E-state index in [1.807, 2.05) is 45.0 Å². The summed E-state index contributed by atoms with van der Waals surface area (Å²) in [6.45, 7) is 5.92. The molecule has 0 aliphatic heterocycles. The summed E-state index contributed by atoms with van der Waals surface area (Å²) < 4.78 is 120. The Morgan fingerprint density at radius 2 is 0.633 bits per heavy atom. The predicted molar refractivity (Wildman–Crippen MR) is 186 cm³/mol. The Morgan fingerprint density at radius 1 is 0.429 bits per heavy atom.